The Balaban J connectivity index is 1.78. The number of hydrogen-bond acceptors (Lipinski definition) is 8. The van der Waals surface area contributed by atoms with Gasteiger partial charge in [-0.3, -0.25) is 4.90 Å². The van der Waals surface area contributed by atoms with E-state index in [0.29, 0.717) is 16.5 Å². The molecule has 3 aromatic carbocycles. The Morgan fingerprint density at radius 1 is 1.07 bits per heavy atom. The Kier molecular flexibility index (Phi) is 10.6. The number of amides is 3. The van der Waals surface area contributed by atoms with Crippen LogP contribution >= 0.6 is 0 Å². The van der Waals surface area contributed by atoms with Gasteiger partial charge in [0.25, 0.3) is 0 Å². The summed E-state index contributed by atoms with van der Waals surface area (Å²) in [6.45, 7) is 3.71. The maximum atomic E-state index is 14.1. The lowest BCUT2D eigenvalue weighted by Crippen LogP contribution is -2.54. The largest absolute Gasteiger partial charge is 0.458 e. The number of carbonyl (C=O) groups excluding carboxylic acids is 3. The number of aliphatic hydroxyl groups is 1. The zero-order valence-electron chi connectivity index (χ0n) is 24.4. The predicted octanol–water partition coefficient (Wildman–Crippen LogP) is 6.24. The average molecular weight is 636 g/mol. The molecule has 2 unspecified atom stereocenters. The van der Waals surface area contributed by atoms with Crippen molar-refractivity contribution in [3.63, 3.8) is 0 Å². The van der Waals surface area contributed by atoms with Crippen molar-refractivity contribution in [2.45, 2.75) is 32.0 Å². The van der Waals surface area contributed by atoms with E-state index in [1.54, 1.807) is 30.3 Å². The molecule has 0 aromatic heterocycles. The molecule has 0 bridgehead atoms. The number of allylic oxidation sites excluding steroid dienone is 1. The SMILES string of the molecule is C=CCOC(O)C1=C(C)N(c2cccc(C(F)(F)F)c2)C(=O)N(C(=O)OCC(=O)OCc2ccccc2)C1c1ccc(C#N)cc1. The van der Waals surface area contributed by atoms with Crippen molar-refractivity contribution in [1.82, 2.24) is 4.90 Å². The van der Waals surface area contributed by atoms with E-state index in [4.69, 9.17) is 14.2 Å². The van der Waals surface area contributed by atoms with E-state index in [2.05, 4.69) is 6.58 Å². The quantitative estimate of drug-likeness (QED) is 0.158. The Hall–Kier alpha value is -5.45. The molecule has 1 aliphatic heterocycles. The third-order valence-electron chi connectivity index (χ3n) is 6.88. The Bertz CT molecular complexity index is 1670. The van der Waals surface area contributed by atoms with Crippen LogP contribution in [0.4, 0.5) is 28.4 Å². The summed E-state index contributed by atoms with van der Waals surface area (Å²) in [7, 11) is 0. The number of anilines is 1. The average Bonchev–Trinajstić information content (AvgIpc) is 3.05. The smallest absolute Gasteiger partial charge is 0.419 e. The van der Waals surface area contributed by atoms with Gasteiger partial charge in [0.2, 0.25) is 0 Å². The van der Waals surface area contributed by atoms with Crippen molar-refractivity contribution in [1.29, 1.82) is 5.26 Å². The van der Waals surface area contributed by atoms with E-state index < -0.39 is 48.8 Å². The third kappa shape index (κ3) is 7.60. The number of benzene rings is 3. The van der Waals surface area contributed by atoms with Gasteiger partial charge in [-0.25, -0.2) is 19.3 Å². The van der Waals surface area contributed by atoms with Gasteiger partial charge in [-0.15, -0.1) is 6.58 Å². The molecule has 238 valence electrons. The fourth-order valence-electron chi connectivity index (χ4n) is 4.74. The number of aliphatic hydroxyl groups excluding tert-OH is 1. The normalized spacial score (nSPS) is 15.7. The zero-order valence-corrected chi connectivity index (χ0v) is 24.4. The number of ether oxygens (including phenoxy) is 3. The van der Waals surface area contributed by atoms with Crippen LogP contribution in [0.5, 0.6) is 0 Å². The van der Waals surface area contributed by atoms with E-state index in [1.807, 2.05) is 6.07 Å². The molecule has 46 heavy (non-hydrogen) atoms. The van der Waals surface area contributed by atoms with Crippen molar-refractivity contribution >= 4 is 23.8 Å². The van der Waals surface area contributed by atoms with E-state index in [1.165, 1.54) is 43.3 Å². The molecule has 1 aliphatic rings. The summed E-state index contributed by atoms with van der Waals surface area (Å²) >= 11 is 0. The van der Waals surface area contributed by atoms with E-state index in [0.717, 1.165) is 17.0 Å². The van der Waals surface area contributed by atoms with Crippen molar-refractivity contribution in [3.05, 3.63) is 125 Å². The lowest BCUT2D eigenvalue weighted by Gasteiger charge is -2.42. The van der Waals surface area contributed by atoms with Gasteiger partial charge in [0.1, 0.15) is 6.61 Å². The second-order valence-electron chi connectivity index (χ2n) is 9.89. The molecule has 0 spiro atoms. The lowest BCUT2D eigenvalue weighted by molar-refractivity contribution is -0.148. The summed E-state index contributed by atoms with van der Waals surface area (Å²) in [4.78, 5) is 41.5. The van der Waals surface area contributed by atoms with Crippen LogP contribution in [0.3, 0.4) is 0 Å². The first-order valence-electron chi connectivity index (χ1n) is 13.7. The van der Waals surface area contributed by atoms with E-state index in [-0.39, 0.29) is 41.3 Å². The molecule has 13 heteroatoms. The molecule has 1 heterocycles. The number of carbonyl (C=O) groups is 3. The number of imide groups is 1. The monoisotopic (exact) mass is 635 g/mol. The van der Waals surface area contributed by atoms with Crippen LogP contribution < -0.4 is 4.90 Å². The number of alkyl halides is 3. The molecule has 1 N–H and O–H groups in total. The maximum absolute atomic E-state index is 14.1. The first kappa shape index (κ1) is 33.4. The van der Waals surface area contributed by atoms with E-state index in [9.17, 15) is 37.9 Å². The number of hydrogen-bond donors (Lipinski definition) is 1. The van der Waals surface area contributed by atoms with Gasteiger partial charge in [0.05, 0.1) is 35.5 Å². The standard InChI is InChI=1S/C33H28F3N3O7/c1-3-16-44-30(41)28-21(2)38(26-11-7-10-25(17-26)33(34,35)36)31(42)39(29(28)24-14-12-22(18-37)13-15-24)32(43)46-20-27(40)45-19-23-8-5-4-6-9-23/h3-15,17,29-30,41H,1,16,19-20H2,2H3. The number of nitriles is 1. The Morgan fingerprint density at radius 2 is 1.76 bits per heavy atom. The molecule has 0 aliphatic carbocycles. The molecule has 3 amide bonds. The Morgan fingerprint density at radius 3 is 2.39 bits per heavy atom. The highest BCUT2D eigenvalue weighted by atomic mass is 19.4. The highest BCUT2D eigenvalue weighted by molar-refractivity contribution is 6.05. The van der Waals surface area contributed by atoms with Crippen molar-refractivity contribution < 1.29 is 46.9 Å². The van der Waals surface area contributed by atoms with Crippen LogP contribution in [-0.4, -0.2) is 47.6 Å². The zero-order chi connectivity index (χ0) is 33.4. The number of nitrogens with zero attached hydrogens (tertiary/aromatic N) is 3. The molecule has 4 rings (SSSR count). The van der Waals surface area contributed by atoms with Crippen LogP contribution in [0.25, 0.3) is 0 Å². The number of rotatable bonds is 10. The van der Waals surface area contributed by atoms with Crippen LogP contribution in [0.1, 0.15) is 35.2 Å². The molecular formula is C33H28F3N3O7. The second-order valence-corrected chi connectivity index (χ2v) is 9.89. The number of halogens is 3. The van der Waals surface area contributed by atoms with Crippen LogP contribution in [-0.2, 0) is 31.8 Å². The van der Waals surface area contributed by atoms with Crippen LogP contribution in [0, 0.1) is 11.3 Å². The highest BCUT2D eigenvalue weighted by Crippen LogP contribution is 2.42. The molecule has 3 aromatic rings. The van der Waals surface area contributed by atoms with Crippen LogP contribution in [0.15, 0.2) is 103 Å². The molecule has 0 saturated carbocycles. The van der Waals surface area contributed by atoms with Gasteiger partial charge in [-0.2, -0.15) is 18.4 Å². The van der Waals surface area contributed by atoms with Gasteiger partial charge in [-0.1, -0.05) is 54.6 Å². The minimum absolute atomic E-state index is 0.0402. The summed E-state index contributed by atoms with van der Waals surface area (Å²) in [6.07, 6.45) is -6.59. The third-order valence-corrected chi connectivity index (χ3v) is 6.88. The molecular weight excluding hydrogens is 607 g/mol. The topological polar surface area (TPSA) is 129 Å². The molecule has 0 radical (unpaired) electrons. The van der Waals surface area contributed by atoms with Crippen LogP contribution in [0.2, 0.25) is 0 Å². The van der Waals surface area contributed by atoms with Crippen molar-refractivity contribution in [2.75, 3.05) is 18.1 Å². The molecule has 0 saturated heterocycles. The fraction of sp³-hybridized carbons (Fsp3) is 0.212. The van der Waals surface area contributed by atoms with Crippen molar-refractivity contribution in [2.24, 2.45) is 0 Å². The summed E-state index contributed by atoms with van der Waals surface area (Å²) in [5.74, 6) is -0.937. The van der Waals surface area contributed by atoms with Gasteiger partial charge in [-0.05, 0) is 48.4 Å². The maximum Gasteiger partial charge on any atom is 0.419 e. The second kappa shape index (κ2) is 14.6. The van der Waals surface area contributed by atoms with Gasteiger partial charge >= 0.3 is 24.3 Å². The lowest BCUT2D eigenvalue weighted by atomic mass is 9.92. The predicted molar refractivity (Wildman–Crippen MR) is 157 cm³/mol. The highest BCUT2D eigenvalue weighted by Gasteiger charge is 2.47. The number of urea groups is 1. The summed E-state index contributed by atoms with van der Waals surface area (Å²) in [6, 6.07) is 17.6. The molecule has 10 nitrogen and oxygen atoms in total. The minimum atomic E-state index is -4.76. The minimum Gasteiger partial charge on any atom is -0.458 e. The fourth-order valence-corrected chi connectivity index (χ4v) is 4.74. The van der Waals surface area contributed by atoms with Gasteiger partial charge in [0.15, 0.2) is 12.9 Å². The molecule has 0 fully saturated rings. The van der Waals surface area contributed by atoms with E-state index >= 15 is 0 Å². The van der Waals surface area contributed by atoms with Gasteiger partial charge in [0, 0.05) is 11.3 Å². The molecule has 2 atom stereocenters. The first-order chi connectivity index (χ1) is 22.0. The number of esters is 1. The summed E-state index contributed by atoms with van der Waals surface area (Å²) < 4.78 is 56.7. The Labute approximate surface area is 262 Å². The summed E-state index contributed by atoms with van der Waals surface area (Å²) in [5.41, 5.74) is -0.351. The van der Waals surface area contributed by atoms with Gasteiger partial charge < -0.3 is 19.3 Å². The van der Waals surface area contributed by atoms with Crippen molar-refractivity contribution in [3.8, 4) is 6.07 Å². The summed E-state index contributed by atoms with van der Waals surface area (Å²) in [5, 5.41) is 20.5. The first-order valence-corrected chi connectivity index (χ1v) is 13.7.